The summed E-state index contributed by atoms with van der Waals surface area (Å²) in [5, 5.41) is 12.7. The highest BCUT2D eigenvalue weighted by molar-refractivity contribution is 5.76. The number of benzene rings is 2. The average molecular weight is 354 g/mol. The number of hydrogen-bond acceptors (Lipinski definition) is 4. The average Bonchev–Trinajstić information content (AvgIpc) is 2.72. The molecule has 2 aromatic carbocycles. The predicted molar refractivity (Wildman–Crippen MR) is 102 cm³/mol. The number of nitrogens with one attached hydrogen (secondary N) is 1. The molecular weight excluding hydrogens is 328 g/mol. The zero-order valence-electron chi connectivity index (χ0n) is 14.9. The van der Waals surface area contributed by atoms with E-state index in [9.17, 15) is 9.90 Å². The molecule has 2 aromatic rings. The van der Waals surface area contributed by atoms with Crippen molar-refractivity contribution >= 4 is 11.6 Å². The van der Waals surface area contributed by atoms with Crippen molar-refractivity contribution in [1.82, 2.24) is 5.32 Å². The lowest BCUT2D eigenvalue weighted by molar-refractivity contribution is -0.122. The van der Waals surface area contributed by atoms with Crippen molar-refractivity contribution in [2.45, 2.75) is 18.9 Å². The lowest BCUT2D eigenvalue weighted by Gasteiger charge is -2.29. The number of anilines is 1. The molecule has 1 amide bonds. The quantitative estimate of drug-likeness (QED) is 0.801. The lowest BCUT2D eigenvalue weighted by atomic mass is 10.0. The van der Waals surface area contributed by atoms with E-state index in [0.717, 1.165) is 43.1 Å². The van der Waals surface area contributed by atoms with E-state index in [1.165, 1.54) is 0 Å². The summed E-state index contributed by atoms with van der Waals surface area (Å²) in [5.74, 6) is -0.0512. The number of nitrogens with zero attached hydrogens (tertiary/aromatic N) is 1. The Morgan fingerprint density at radius 2 is 1.88 bits per heavy atom. The van der Waals surface area contributed by atoms with Crippen LogP contribution in [0.5, 0.6) is 0 Å². The molecule has 1 aliphatic rings. The Balaban J connectivity index is 1.60. The highest BCUT2D eigenvalue weighted by Crippen LogP contribution is 2.22. The lowest BCUT2D eigenvalue weighted by Crippen LogP contribution is -2.36. The first-order valence-electron chi connectivity index (χ1n) is 9.13. The highest BCUT2D eigenvalue weighted by Gasteiger charge is 2.16. The van der Waals surface area contributed by atoms with Gasteiger partial charge in [-0.15, -0.1) is 0 Å². The van der Waals surface area contributed by atoms with Crippen molar-refractivity contribution in [3.05, 3.63) is 65.7 Å². The van der Waals surface area contributed by atoms with Crippen LogP contribution in [0.1, 0.15) is 23.6 Å². The Morgan fingerprint density at radius 3 is 2.62 bits per heavy atom. The minimum atomic E-state index is -0.390. The monoisotopic (exact) mass is 354 g/mol. The molecule has 5 nitrogen and oxygen atoms in total. The molecule has 1 fully saturated rings. The molecule has 1 heterocycles. The first kappa shape index (κ1) is 18.4. The summed E-state index contributed by atoms with van der Waals surface area (Å²) < 4.78 is 5.40. The van der Waals surface area contributed by atoms with Gasteiger partial charge >= 0.3 is 0 Å². The van der Waals surface area contributed by atoms with Crippen molar-refractivity contribution < 1.29 is 14.6 Å². The molecule has 0 radical (unpaired) electrons. The van der Waals surface area contributed by atoms with Crippen molar-refractivity contribution in [2.24, 2.45) is 0 Å². The van der Waals surface area contributed by atoms with Gasteiger partial charge in [0.05, 0.1) is 25.9 Å². The Morgan fingerprint density at radius 1 is 1.12 bits per heavy atom. The maximum atomic E-state index is 12.3. The largest absolute Gasteiger partial charge is 0.394 e. The number of aliphatic hydroxyl groups excluding tert-OH is 1. The van der Waals surface area contributed by atoms with Crippen LogP contribution < -0.4 is 10.2 Å². The van der Waals surface area contributed by atoms with Crippen LogP contribution in [0.25, 0.3) is 0 Å². The summed E-state index contributed by atoms with van der Waals surface area (Å²) in [5.41, 5.74) is 3.16. The van der Waals surface area contributed by atoms with Gasteiger partial charge < -0.3 is 20.1 Å². The van der Waals surface area contributed by atoms with E-state index in [1.807, 2.05) is 48.5 Å². The van der Waals surface area contributed by atoms with E-state index < -0.39 is 0 Å². The van der Waals surface area contributed by atoms with Gasteiger partial charge in [-0.2, -0.15) is 0 Å². The van der Waals surface area contributed by atoms with Crippen LogP contribution in [0.15, 0.2) is 54.6 Å². The molecule has 1 aliphatic heterocycles. The molecule has 0 unspecified atom stereocenters. The highest BCUT2D eigenvalue weighted by atomic mass is 16.5. The number of ether oxygens (including phenoxy) is 1. The second-order valence-electron chi connectivity index (χ2n) is 6.48. The summed E-state index contributed by atoms with van der Waals surface area (Å²) in [6, 6.07) is 17.6. The number of amides is 1. The van der Waals surface area contributed by atoms with Crippen LogP contribution in [0.3, 0.4) is 0 Å². The summed E-state index contributed by atoms with van der Waals surface area (Å²) in [7, 11) is 0. The molecule has 0 aliphatic carbocycles. The van der Waals surface area contributed by atoms with Gasteiger partial charge in [0.15, 0.2) is 0 Å². The fourth-order valence-corrected chi connectivity index (χ4v) is 3.16. The third-order valence-electron chi connectivity index (χ3n) is 4.65. The predicted octanol–water partition coefficient (Wildman–Crippen LogP) is 2.31. The van der Waals surface area contributed by atoms with Gasteiger partial charge in [0, 0.05) is 25.2 Å². The van der Waals surface area contributed by atoms with Crippen LogP contribution >= 0.6 is 0 Å². The summed E-state index contributed by atoms with van der Waals surface area (Å²) in [4.78, 5) is 14.6. The number of morpholine rings is 1. The zero-order valence-corrected chi connectivity index (χ0v) is 14.9. The standard InChI is InChI=1S/C21H26N2O3/c24-16-20(22-21(25)10-9-17-5-2-1-3-6-17)18-7-4-8-19(15-18)23-11-13-26-14-12-23/h1-8,15,20,24H,9-14,16H2,(H,22,25)/t20-/m1/s1. The first-order chi connectivity index (χ1) is 12.8. The Kier molecular flexibility index (Phi) is 6.63. The molecule has 5 heteroatoms. The van der Waals surface area contributed by atoms with Crippen molar-refractivity contribution in [1.29, 1.82) is 0 Å². The molecule has 26 heavy (non-hydrogen) atoms. The van der Waals surface area contributed by atoms with E-state index >= 15 is 0 Å². The fourth-order valence-electron chi connectivity index (χ4n) is 3.16. The van der Waals surface area contributed by atoms with Gasteiger partial charge in [-0.25, -0.2) is 0 Å². The molecule has 0 bridgehead atoms. The number of carbonyl (C=O) groups excluding carboxylic acids is 1. The van der Waals surface area contributed by atoms with Crippen molar-refractivity contribution in [3.63, 3.8) is 0 Å². The van der Waals surface area contributed by atoms with Crippen molar-refractivity contribution in [3.8, 4) is 0 Å². The number of aryl methyl sites for hydroxylation is 1. The molecule has 138 valence electrons. The topological polar surface area (TPSA) is 61.8 Å². The summed E-state index contributed by atoms with van der Waals surface area (Å²) >= 11 is 0. The van der Waals surface area contributed by atoms with Crippen LogP contribution in [-0.4, -0.2) is 43.9 Å². The molecule has 0 aromatic heterocycles. The van der Waals surface area contributed by atoms with Gasteiger partial charge in [0.1, 0.15) is 0 Å². The number of aliphatic hydroxyl groups is 1. The smallest absolute Gasteiger partial charge is 0.220 e. The molecule has 2 N–H and O–H groups in total. The van der Waals surface area contributed by atoms with Gasteiger partial charge in [0.25, 0.3) is 0 Å². The SMILES string of the molecule is O=C(CCc1ccccc1)N[C@H](CO)c1cccc(N2CCOCC2)c1. The molecular formula is C21H26N2O3. The van der Waals surface area contributed by atoms with Gasteiger partial charge in [-0.05, 0) is 29.7 Å². The van der Waals surface area contributed by atoms with Gasteiger partial charge in [0.2, 0.25) is 5.91 Å². The summed E-state index contributed by atoms with van der Waals surface area (Å²) in [6.45, 7) is 3.05. The Labute approximate surface area is 154 Å². The van der Waals surface area contributed by atoms with Crippen LogP contribution in [0.4, 0.5) is 5.69 Å². The third-order valence-corrected chi connectivity index (χ3v) is 4.65. The molecule has 1 atom stereocenters. The molecule has 3 rings (SSSR count). The number of rotatable bonds is 7. The van der Waals surface area contributed by atoms with E-state index in [0.29, 0.717) is 12.8 Å². The van der Waals surface area contributed by atoms with Crippen molar-refractivity contribution in [2.75, 3.05) is 37.8 Å². The van der Waals surface area contributed by atoms with Gasteiger partial charge in [-0.1, -0.05) is 42.5 Å². The zero-order chi connectivity index (χ0) is 18.2. The minimum absolute atomic E-state index is 0.0512. The number of hydrogen-bond donors (Lipinski definition) is 2. The molecule has 0 saturated carbocycles. The molecule has 1 saturated heterocycles. The third kappa shape index (κ3) is 5.07. The van der Waals surface area contributed by atoms with E-state index in [1.54, 1.807) is 0 Å². The Bertz CT molecular complexity index is 699. The normalized spacial score (nSPS) is 15.5. The first-order valence-corrected chi connectivity index (χ1v) is 9.13. The van der Waals surface area contributed by atoms with E-state index in [2.05, 4.69) is 16.3 Å². The van der Waals surface area contributed by atoms with Crippen LogP contribution in [-0.2, 0) is 16.0 Å². The van der Waals surface area contributed by atoms with Crippen LogP contribution in [0.2, 0.25) is 0 Å². The maximum absolute atomic E-state index is 12.3. The second-order valence-corrected chi connectivity index (χ2v) is 6.48. The fraction of sp³-hybridized carbons (Fsp3) is 0.381. The van der Waals surface area contributed by atoms with Gasteiger partial charge in [-0.3, -0.25) is 4.79 Å². The summed E-state index contributed by atoms with van der Waals surface area (Å²) in [6.07, 6.45) is 1.10. The van der Waals surface area contributed by atoms with E-state index in [4.69, 9.17) is 4.74 Å². The maximum Gasteiger partial charge on any atom is 0.220 e. The molecule has 0 spiro atoms. The number of carbonyl (C=O) groups is 1. The van der Waals surface area contributed by atoms with E-state index in [-0.39, 0.29) is 18.6 Å². The second kappa shape index (κ2) is 9.36. The van der Waals surface area contributed by atoms with Crippen LogP contribution in [0, 0.1) is 0 Å². The minimum Gasteiger partial charge on any atom is -0.394 e. The Hall–Kier alpha value is -2.37.